The fourth-order valence-corrected chi connectivity index (χ4v) is 1.03. The molecule has 0 aliphatic heterocycles. The molecule has 0 spiro atoms. The lowest BCUT2D eigenvalue weighted by molar-refractivity contribution is 0.474. The van der Waals surface area contributed by atoms with Gasteiger partial charge in [0.25, 0.3) is 0 Å². The third-order valence-electron chi connectivity index (χ3n) is 1.23. The Balaban J connectivity index is 3.99. The summed E-state index contributed by atoms with van der Waals surface area (Å²) in [5.74, 6) is 0. The van der Waals surface area contributed by atoms with Crippen LogP contribution in [0, 0.1) is 0 Å². The molecular formula is C9H18OSi. The number of rotatable bonds is 4. The van der Waals surface area contributed by atoms with Gasteiger partial charge < -0.3 is 4.43 Å². The third-order valence-corrected chi connectivity index (χ3v) is 2.06. The van der Waals surface area contributed by atoms with Crippen LogP contribution in [0.5, 0.6) is 0 Å². The van der Waals surface area contributed by atoms with Gasteiger partial charge in [0, 0.05) is 0 Å². The quantitative estimate of drug-likeness (QED) is 0.357. The molecule has 1 nitrogen and oxygen atoms in total. The van der Waals surface area contributed by atoms with Gasteiger partial charge in [-0.1, -0.05) is 19.6 Å². The van der Waals surface area contributed by atoms with Gasteiger partial charge in [0.1, 0.15) is 0 Å². The van der Waals surface area contributed by atoms with Crippen LogP contribution >= 0.6 is 0 Å². The molecule has 0 radical (unpaired) electrons. The van der Waals surface area contributed by atoms with E-state index >= 15 is 0 Å². The molecule has 2 heteroatoms. The summed E-state index contributed by atoms with van der Waals surface area (Å²) in [5, 5.41) is 0. The second-order valence-electron chi connectivity index (χ2n) is 3.48. The molecule has 11 heavy (non-hydrogen) atoms. The molecule has 0 saturated carbocycles. The second kappa shape index (κ2) is 4.39. The molecule has 0 rings (SSSR count). The van der Waals surface area contributed by atoms with Crippen molar-refractivity contribution >= 4 is 8.32 Å². The first kappa shape index (κ1) is 10.5. The first-order valence-corrected chi connectivity index (χ1v) is 7.39. The Morgan fingerprint density at radius 3 is 2.27 bits per heavy atom. The molecule has 0 aromatic rings. The summed E-state index contributed by atoms with van der Waals surface area (Å²) in [7, 11) is -1.38. The fraction of sp³-hybridized carbons (Fsp3) is 0.556. The Hall–Kier alpha value is -0.503. The lowest BCUT2D eigenvalue weighted by Crippen LogP contribution is -2.22. The van der Waals surface area contributed by atoms with Crippen molar-refractivity contribution in [2.45, 2.75) is 33.0 Å². The standard InChI is InChI=1S/C9H18OSi/c1-6-9(7-2)8-10-11(3,4)5/h6,8H,1,7H2,2-5H3/b9-8-. The van der Waals surface area contributed by atoms with E-state index in [0.29, 0.717) is 0 Å². The molecule has 0 aromatic carbocycles. The van der Waals surface area contributed by atoms with Crippen molar-refractivity contribution in [1.82, 2.24) is 0 Å². The summed E-state index contributed by atoms with van der Waals surface area (Å²) in [4.78, 5) is 0. The van der Waals surface area contributed by atoms with Gasteiger partial charge in [0.2, 0.25) is 8.32 Å². The lowest BCUT2D eigenvalue weighted by atomic mass is 10.2. The average Bonchev–Trinajstić information content (AvgIpc) is 1.88. The Labute approximate surface area is 70.9 Å². The molecule has 0 unspecified atom stereocenters. The number of hydrogen-bond donors (Lipinski definition) is 0. The summed E-state index contributed by atoms with van der Waals surface area (Å²) < 4.78 is 5.58. The van der Waals surface area contributed by atoms with Gasteiger partial charge in [-0.15, -0.1) is 0 Å². The van der Waals surface area contributed by atoms with Gasteiger partial charge in [-0.2, -0.15) is 0 Å². The Morgan fingerprint density at radius 2 is 2.00 bits per heavy atom. The van der Waals surface area contributed by atoms with E-state index in [1.165, 1.54) is 5.57 Å². The van der Waals surface area contributed by atoms with Crippen molar-refractivity contribution in [1.29, 1.82) is 0 Å². The van der Waals surface area contributed by atoms with E-state index in [-0.39, 0.29) is 0 Å². The minimum atomic E-state index is -1.38. The van der Waals surface area contributed by atoms with Crippen LogP contribution < -0.4 is 0 Å². The van der Waals surface area contributed by atoms with E-state index in [9.17, 15) is 0 Å². The van der Waals surface area contributed by atoms with Crippen molar-refractivity contribution in [3.63, 3.8) is 0 Å². The van der Waals surface area contributed by atoms with Gasteiger partial charge >= 0.3 is 0 Å². The highest BCUT2D eigenvalue weighted by molar-refractivity contribution is 6.69. The SMILES string of the molecule is C=C/C(=C/O[Si](C)(C)C)CC. The van der Waals surface area contributed by atoms with Crippen LogP contribution in [-0.4, -0.2) is 8.32 Å². The molecule has 0 aliphatic carbocycles. The van der Waals surface area contributed by atoms with Crippen molar-refractivity contribution < 1.29 is 4.43 Å². The Bertz CT molecular complexity index is 153. The van der Waals surface area contributed by atoms with E-state index in [4.69, 9.17) is 4.43 Å². The van der Waals surface area contributed by atoms with Crippen molar-refractivity contribution in [2.24, 2.45) is 0 Å². The predicted molar refractivity (Wildman–Crippen MR) is 53.0 cm³/mol. The van der Waals surface area contributed by atoms with E-state index < -0.39 is 8.32 Å². The molecule has 0 atom stereocenters. The minimum Gasteiger partial charge on any atom is -0.549 e. The van der Waals surface area contributed by atoms with Crippen LogP contribution in [0.15, 0.2) is 24.5 Å². The molecule has 0 amide bonds. The molecule has 0 saturated heterocycles. The highest BCUT2D eigenvalue weighted by Gasteiger charge is 2.13. The third kappa shape index (κ3) is 5.92. The molecule has 0 aromatic heterocycles. The van der Waals surface area contributed by atoms with Crippen LogP contribution in [0.3, 0.4) is 0 Å². The van der Waals surface area contributed by atoms with Crippen LogP contribution in [0.2, 0.25) is 19.6 Å². The molecule has 0 N–H and O–H groups in total. The maximum Gasteiger partial charge on any atom is 0.241 e. The van der Waals surface area contributed by atoms with Crippen LogP contribution in [-0.2, 0) is 4.43 Å². The van der Waals surface area contributed by atoms with Gasteiger partial charge in [-0.3, -0.25) is 0 Å². The predicted octanol–water partition coefficient (Wildman–Crippen LogP) is 3.32. The topological polar surface area (TPSA) is 9.23 Å². The number of hydrogen-bond acceptors (Lipinski definition) is 1. The first-order chi connectivity index (χ1) is 4.99. The van der Waals surface area contributed by atoms with E-state index in [2.05, 4.69) is 33.1 Å². The van der Waals surface area contributed by atoms with Gasteiger partial charge in [-0.25, -0.2) is 0 Å². The smallest absolute Gasteiger partial charge is 0.241 e. The number of allylic oxidation sites excluding steroid dienone is 2. The average molecular weight is 170 g/mol. The lowest BCUT2D eigenvalue weighted by Gasteiger charge is -2.15. The van der Waals surface area contributed by atoms with Crippen molar-refractivity contribution in [2.75, 3.05) is 0 Å². The zero-order valence-corrected chi connectivity index (χ0v) is 8.98. The zero-order chi connectivity index (χ0) is 8.91. The van der Waals surface area contributed by atoms with Crippen LogP contribution in [0.1, 0.15) is 13.3 Å². The molecular weight excluding hydrogens is 152 g/mol. The minimum absolute atomic E-state index is 0.994. The molecule has 0 heterocycles. The first-order valence-electron chi connectivity index (χ1n) is 3.99. The monoisotopic (exact) mass is 170 g/mol. The highest BCUT2D eigenvalue weighted by atomic mass is 28.4. The fourth-order valence-electron chi connectivity index (χ4n) is 0.528. The van der Waals surface area contributed by atoms with Crippen molar-refractivity contribution in [3.8, 4) is 0 Å². The van der Waals surface area contributed by atoms with Gasteiger partial charge in [0.15, 0.2) is 0 Å². The van der Waals surface area contributed by atoms with E-state index in [0.717, 1.165) is 6.42 Å². The molecule has 64 valence electrons. The second-order valence-corrected chi connectivity index (χ2v) is 7.94. The molecule has 0 fully saturated rings. The summed E-state index contributed by atoms with van der Waals surface area (Å²) in [5.41, 5.74) is 1.17. The van der Waals surface area contributed by atoms with Gasteiger partial charge in [-0.05, 0) is 31.6 Å². The van der Waals surface area contributed by atoms with Gasteiger partial charge in [0.05, 0.1) is 6.26 Å². The zero-order valence-electron chi connectivity index (χ0n) is 7.98. The molecule has 0 aliphatic rings. The highest BCUT2D eigenvalue weighted by Crippen LogP contribution is 2.07. The summed E-state index contributed by atoms with van der Waals surface area (Å²) in [6, 6.07) is 0. The van der Waals surface area contributed by atoms with Crippen LogP contribution in [0.4, 0.5) is 0 Å². The van der Waals surface area contributed by atoms with E-state index in [1.807, 2.05) is 12.3 Å². The largest absolute Gasteiger partial charge is 0.549 e. The van der Waals surface area contributed by atoms with Crippen LogP contribution in [0.25, 0.3) is 0 Å². The summed E-state index contributed by atoms with van der Waals surface area (Å²) in [6.45, 7) is 12.3. The Morgan fingerprint density at radius 1 is 1.45 bits per heavy atom. The Kier molecular flexibility index (Phi) is 4.19. The molecule has 0 bridgehead atoms. The maximum atomic E-state index is 5.58. The maximum absolute atomic E-state index is 5.58. The summed E-state index contributed by atoms with van der Waals surface area (Å²) in [6.07, 6.45) is 4.69. The van der Waals surface area contributed by atoms with E-state index in [1.54, 1.807) is 0 Å². The normalized spacial score (nSPS) is 12.9. The van der Waals surface area contributed by atoms with Crippen molar-refractivity contribution in [3.05, 3.63) is 24.5 Å². The summed E-state index contributed by atoms with van der Waals surface area (Å²) >= 11 is 0.